The van der Waals surface area contributed by atoms with Gasteiger partial charge in [-0.1, -0.05) is 11.6 Å². The van der Waals surface area contributed by atoms with Crippen molar-refractivity contribution in [3.63, 3.8) is 0 Å². The SMILES string of the molecule is Cc1cc(-c2csc(-c3c[nH]c4nccnc34)n2)cc([C@]2(O)CCN(C)C2=O)c1. The smallest absolute Gasteiger partial charge is 0.258 e. The first kappa shape index (κ1) is 18.0. The summed E-state index contributed by atoms with van der Waals surface area (Å²) in [5.74, 6) is -0.259. The molecule has 1 aromatic carbocycles. The first-order valence-corrected chi connectivity index (χ1v) is 10.2. The van der Waals surface area contributed by atoms with Gasteiger partial charge in [-0.3, -0.25) is 9.78 Å². The molecule has 1 fully saturated rings. The molecule has 1 aliphatic heterocycles. The van der Waals surface area contributed by atoms with Crippen LogP contribution in [-0.2, 0) is 10.4 Å². The van der Waals surface area contributed by atoms with Crippen LogP contribution in [0, 0.1) is 6.92 Å². The highest BCUT2D eigenvalue weighted by Crippen LogP contribution is 2.37. The Morgan fingerprint density at radius 3 is 2.86 bits per heavy atom. The molecule has 0 bridgehead atoms. The number of likely N-dealkylation sites (N-methyl/N-ethyl adjacent to an activating group) is 1. The van der Waals surface area contributed by atoms with Crippen molar-refractivity contribution in [3.8, 4) is 21.8 Å². The number of H-pyrrole nitrogens is 1. The summed E-state index contributed by atoms with van der Waals surface area (Å²) in [5.41, 5.74) is 4.22. The number of hydrogen-bond donors (Lipinski definition) is 2. The minimum absolute atomic E-state index is 0.259. The maximum absolute atomic E-state index is 12.5. The molecule has 4 aromatic rings. The van der Waals surface area contributed by atoms with E-state index in [0.717, 1.165) is 38.6 Å². The highest BCUT2D eigenvalue weighted by molar-refractivity contribution is 7.13. The molecule has 0 unspecified atom stereocenters. The minimum atomic E-state index is -1.47. The zero-order chi connectivity index (χ0) is 20.2. The minimum Gasteiger partial charge on any atom is -0.375 e. The Balaban J connectivity index is 1.56. The number of hydrogen-bond acceptors (Lipinski definition) is 6. The predicted octanol–water partition coefficient (Wildman–Crippen LogP) is 3.11. The maximum Gasteiger partial charge on any atom is 0.258 e. The maximum atomic E-state index is 12.5. The number of rotatable bonds is 3. The van der Waals surface area contributed by atoms with Crippen LogP contribution in [0.25, 0.3) is 33.0 Å². The van der Waals surface area contributed by atoms with Gasteiger partial charge in [0.25, 0.3) is 5.91 Å². The van der Waals surface area contributed by atoms with Crippen molar-refractivity contribution in [3.05, 3.63) is 53.3 Å². The monoisotopic (exact) mass is 405 g/mol. The van der Waals surface area contributed by atoms with Crippen molar-refractivity contribution in [2.45, 2.75) is 18.9 Å². The topological polar surface area (TPSA) is 95.0 Å². The molecule has 0 spiro atoms. The Kier molecular flexibility index (Phi) is 4.01. The summed E-state index contributed by atoms with van der Waals surface area (Å²) in [4.78, 5) is 30.7. The third kappa shape index (κ3) is 2.83. The number of aliphatic hydroxyl groups is 1. The van der Waals surface area contributed by atoms with Crippen LogP contribution >= 0.6 is 11.3 Å². The van der Waals surface area contributed by atoms with Crippen LogP contribution in [-0.4, -0.2) is 49.4 Å². The zero-order valence-corrected chi connectivity index (χ0v) is 16.8. The van der Waals surface area contributed by atoms with E-state index in [4.69, 9.17) is 4.98 Å². The fraction of sp³-hybridized carbons (Fsp3) is 0.238. The molecular formula is C21H19N5O2S. The number of carbonyl (C=O) groups is 1. The van der Waals surface area contributed by atoms with Gasteiger partial charge in [0.05, 0.1) is 11.3 Å². The molecule has 1 saturated heterocycles. The van der Waals surface area contributed by atoms with Crippen LogP contribution in [0.5, 0.6) is 0 Å². The third-order valence-electron chi connectivity index (χ3n) is 5.40. The van der Waals surface area contributed by atoms with E-state index in [1.165, 1.54) is 11.3 Å². The Bertz CT molecular complexity index is 1250. The van der Waals surface area contributed by atoms with Gasteiger partial charge < -0.3 is 15.0 Å². The largest absolute Gasteiger partial charge is 0.375 e. The number of carbonyl (C=O) groups excluding carboxylic acids is 1. The second-order valence-electron chi connectivity index (χ2n) is 7.42. The average Bonchev–Trinajstić information content (AvgIpc) is 3.42. The van der Waals surface area contributed by atoms with Crippen LogP contribution < -0.4 is 0 Å². The van der Waals surface area contributed by atoms with Crippen molar-refractivity contribution in [1.29, 1.82) is 0 Å². The quantitative estimate of drug-likeness (QED) is 0.546. The van der Waals surface area contributed by atoms with Gasteiger partial charge in [0.15, 0.2) is 11.2 Å². The van der Waals surface area contributed by atoms with Gasteiger partial charge in [0.1, 0.15) is 10.5 Å². The average molecular weight is 405 g/mol. The number of thiazole rings is 1. The second kappa shape index (κ2) is 6.47. The molecule has 1 amide bonds. The fourth-order valence-corrected chi connectivity index (χ4v) is 4.68. The van der Waals surface area contributed by atoms with Gasteiger partial charge in [0, 0.05) is 49.5 Å². The number of nitrogens with zero attached hydrogens (tertiary/aromatic N) is 4. The van der Waals surface area contributed by atoms with E-state index in [0.29, 0.717) is 18.5 Å². The third-order valence-corrected chi connectivity index (χ3v) is 6.28. The molecule has 0 saturated carbocycles. The summed E-state index contributed by atoms with van der Waals surface area (Å²) >= 11 is 1.52. The van der Waals surface area contributed by atoms with Crippen LogP contribution in [0.1, 0.15) is 17.5 Å². The standard InChI is InChI=1S/C21H19N5O2S/c1-12-7-13(9-14(8-12)21(28)3-6-26(2)20(21)27)16-11-29-19(25-16)15-10-24-18-17(15)22-4-5-23-18/h4-5,7-11,28H,3,6H2,1-2H3,(H,23,24)/t21-/m1/s1. The Hall–Kier alpha value is -3.10. The summed E-state index contributed by atoms with van der Waals surface area (Å²) in [5, 5.41) is 13.9. The van der Waals surface area contributed by atoms with Gasteiger partial charge in [-0.15, -0.1) is 11.3 Å². The Morgan fingerprint density at radius 2 is 2.07 bits per heavy atom. The number of benzene rings is 1. The molecule has 7 nitrogen and oxygen atoms in total. The lowest BCUT2D eigenvalue weighted by atomic mass is 9.89. The highest BCUT2D eigenvalue weighted by atomic mass is 32.1. The van der Waals surface area contributed by atoms with Gasteiger partial charge in [-0.2, -0.15) is 0 Å². The summed E-state index contributed by atoms with van der Waals surface area (Å²) in [7, 11) is 1.72. The zero-order valence-electron chi connectivity index (χ0n) is 16.0. The molecule has 0 radical (unpaired) electrons. The molecule has 29 heavy (non-hydrogen) atoms. The molecule has 5 rings (SSSR count). The molecular weight excluding hydrogens is 386 g/mol. The summed E-state index contributed by atoms with van der Waals surface area (Å²) in [6.45, 7) is 2.50. The van der Waals surface area contributed by atoms with Crippen molar-refractivity contribution < 1.29 is 9.90 Å². The molecule has 2 N–H and O–H groups in total. The molecule has 1 aliphatic rings. The Labute approximate surface area is 171 Å². The number of likely N-dealkylation sites (tertiary alicyclic amines) is 1. The highest BCUT2D eigenvalue weighted by Gasteiger charge is 2.45. The van der Waals surface area contributed by atoms with E-state index < -0.39 is 5.60 Å². The number of fused-ring (bicyclic) bond motifs is 1. The van der Waals surface area contributed by atoms with Crippen molar-refractivity contribution in [2.24, 2.45) is 0 Å². The van der Waals surface area contributed by atoms with Crippen LogP contribution in [0.4, 0.5) is 0 Å². The second-order valence-corrected chi connectivity index (χ2v) is 8.28. The summed E-state index contributed by atoms with van der Waals surface area (Å²) in [6, 6.07) is 5.77. The molecule has 8 heteroatoms. The van der Waals surface area contributed by atoms with E-state index in [1.807, 2.05) is 36.7 Å². The molecule has 146 valence electrons. The first-order valence-electron chi connectivity index (χ1n) is 9.30. The lowest BCUT2D eigenvalue weighted by molar-refractivity contribution is -0.143. The van der Waals surface area contributed by atoms with Gasteiger partial charge in [-0.25, -0.2) is 9.97 Å². The summed E-state index contributed by atoms with van der Waals surface area (Å²) < 4.78 is 0. The van der Waals surface area contributed by atoms with Crippen LogP contribution in [0.3, 0.4) is 0 Å². The van der Waals surface area contributed by atoms with Crippen LogP contribution in [0.2, 0.25) is 0 Å². The number of aryl methyl sites for hydroxylation is 1. The van der Waals surface area contributed by atoms with E-state index in [-0.39, 0.29) is 5.91 Å². The Morgan fingerprint density at radius 1 is 1.24 bits per heavy atom. The molecule has 4 heterocycles. The lowest BCUT2D eigenvalue weighted by Gasteiger charge is -2.22. The van der Waals surface area contributed by atoms with Gasteiger partial charge in [0.2, 0.25) is 0 Å². The molecule has 1 atom stereocenters. The number of aromatic nitrogens is 4. The normalized spacial score (nSPS) is 19.4. The van der Waals surface area contributed by atoms with Crippen molar-refractivity contribution in [1.82, 2.24) is 24.8 Å². The van der Waals surface area contributed by atoms with Crippen LogP contribution in [0.15, 0.2) is 42.2 Å². The number of nitrogens with one attached hydrogen (secondary N) is 1. The molecule has 3 aromatic heterocycles. The van der Waals surface area contributed by atoms with Crippen molar-refractivity contribution >= 4 is 28.4 Å². The number of amides is 1. The first-order chi connectivity index (χ1) is 14.0. The van der Waals surface area contributed by atoms with E-state index in [2.05, 4.69) is 15.0 Å². The lowest BCUT2D eigenvalue weighted by Crippen LogP contribution is -2.36. The van der Waals surface area contributed by atoms with Gasteiger partial charge >= 0.3 is 0 Å². The van der Waals surface area contributed by atoms with E-state index in [9.17, 15) is 9.90 Å². The summed E-state index contributed by atoms with van der Waals surface area (Å²) in [6.07, 6.45) is 5.57. The fourth-order valence-electron chi connectivity index (χ4n) is 3.83. The van der Waals surface area contributed by atoms with Crippen molar-refractivity contribution in [2.75, 3.05) is 13.6 Å². The predicted molar refractivity (Wildman–Crippen MR) is 111 cm³/mol. The molecule has 0 aliphatic carbocycles. The van der Waals surface area contributed by atoms with E-state index in [1.54, 1.807) is 24.3 Å². The van der Waals surface area contributed by atoms with Gasteiger partial charge in [-0.05, 0) is 24.6 Å². The number of aromatic amines is 1. The van der Waals surface area contributed by atoms with E-state index >= 15 is 0 Å².